The topological polar surface area (TPSA) is 87.7 Å². The largest absolute Gasteiger partial charge is 0.409 e. The van der Waals surface area contributed by atoms with E-state index in [1.165, 1.54) is 0 Å². The maximum absolute atomic E-state index is 12.5. The maximum atomic E-state index is 12.5. The van der Waals surface area contributed by atoms with Gasteiger partial charge in [-0.1, -0.05) is 48.5 Å². The molecule has 1 aromatic rings. The summed E-state index contributed by atoms with van der Waals surface area (Å²) in [6.07, 6.45) is 5.57. The van der Waals surface area contributed by atoms with Gasteiger partial charge in [-0.15, -0.1) is 0 Å². The predicted molar refractivity (Wildman–Crippen MR) is 82.5 cm³/mol. The van der Waals surface area contributed by atoms with Gasteiger partial charge >= 0.3 is 0 Å². The molecule has 0 radical (unpaired) electrons. The molecule has 1 fully saturated rings. The van der Waals surface area contributed by atoms with Crippen molar-refractivity contribution in [2.24, 2.45) is 10.9 Å². The van der Waals surface area contributed by atoms with E-state index in [0.717, 1.165) is 31.2 Å². The van der Waals surface area contributed by atoms with Crippen LogP contribution in [0.4, 0.5) is 0 Å². The van der Waals surface area contributed by atoms with Crippen LogP contribution in [-0.2, 0) is 0 Å². The highest BCUT2D eigenvalue weighted by molar-refractivity contribution is 6.00. The molecule has 1 saturated carbocycles. The molecule has 0 bridgehead atoms. The van der Waals surface area contributed by atoms with Crippen LogP contribution < -0.4 is 11.1 Å². The van der Waals surface area contributed by atoms with Crippen molar-refractivity contribution in [1.82, 2.24) is 5.32 Å². The lowest BCUT2D eigenvalue weighted by atomic mass is 9.88. The van der Waals surface area contributed by atoms with Crippen molar-refractivity contribution >= 4 is 11.7 Å². The van der Waals surface area contributed by atoms with E-state index < -0.39 is 5.54 Å². The molecule has 5 heteroatoms. The standard InChI is InChI=1S/C16H23N3O2/c1-12-6-8-13(9-7-12)14(20)18-16(15(17)19-21)10-4-2-3-5-11-16/h6-9,21H,2-5,10-11H2,1H3,(H2,17,19)(H,18,20). The highest BCUT2D eigenvalue weighted by Gasteiger charge is 2.37. The van der Waals surface area contributed by atoms with Gasteiger partial charge in [0.25, 0.3) is 5.91 Å². The third-order valence-corrected chi connectivity index (χ3v) is 4.22. The first-order valence-electron chi connectivity index (χ1n) is 7.44. The number of hydrogen-bond donors (Lipinski definition) is 3. The Bertz CT molecular complexity index is 515. The third kappa shape index (κ3) is 3.54. The zero-order chi connectivity index (χ0) is 15.3. The molecule has 1 aromatic carbocycles. The Labute approximate surface area is 125 Å². The summed E-state index contributed by atoms with van der Waals surface area (Å²) in [5, 5.41) is 15.2. The van der Waals surface area contributed by atoms with Gasteiger partial charge in [0.15, 0.2) is 5.84 Å². The summed E-state index contributed by atoms with van der Waals surface area (Å²) in [6, 6.07) is 7.39. The van der Waals surface area contributed by atoms with Gasteiger partial charge in [0.2, 0.25) is 0 Å². The van der Waals surface area contributed by atoms with Crippen LogP contribution in [0.3, 0.4) is 0 Å². The summed E-state index contributed by atoms with van der Waals surface area (Å²) >= 11 is 0. The number of benzene rings is 1. The molecule has 0 atom stereocenters. The van der Waals surface area contributed by atoms with Crippen molar-refractivity contribution in [2.45, 2.75) is 51.0 Å². The van der Waals surface area contributed by atoms with Crippen LogP contribution in [0.15, 0.2) is 29.4 Å². The van der Waals surface area contributed by atoms with Crippen LogP contribution in [0.25, 0.3) is 0 Å². The molecule has 0 saturated heterocycles. The average Bonchev–Trinajstić information content (AvgIpc) is 2.73. The Balaban J connectivity index is 2.22. The maximum Gasteiger partial charge on any atom is 0.252 e. The van der Waals surface area contributed by atoms with Crippen molar-refractivity contribution in [3.63, 3.8) is 0 Å². The van der Waals surface area contributed by atoms with Crippen LogP contribution in [-0.4, -0.2) is 22.5 Å². The van der Waals surface area contributed by atoms with Gasteiger partial charge in [0, 0.05) is 5.56 Å². The van der Waals surface area contributed by atoms with Crippen molar-refractivity contribution in [1.29, 1.82) is 0 Å². The Morgan fingerprint density at radius 3 is 2.29 bits per heavy atom. The zero-order valence-corrected chi connectivity index (χ0v) is 12.4. The first-order chi connectivity index (χ1) is 10.1. The number of rotatable bonds is 3. The van der Waals surface area contributed by atoms with Crippen molar-refractivity contribution < 1.29 is 10.0 Å². The molecule has 1 amide bonds. The fourth-order valence-corrected chi connectivity index (χ4v) is 2.87. The quantitative estimate of drug-likeness (QED) is 0.263. The van der Waals surface area contributed by atoms with Gasteiger partial charge in [0.1, 0.15) is 5.54 Å². The van der Waals surface area contributed by atoms with E-state index in [0.29, 0.717) is 18.4 Å². The number of nitrogens with one attached hydrogen (secondary N) is 1. The number of carbonyl (C=O) groups excluding carboxylic acids is 1. The molecule has 0 aromatic heterocycles. The number of nitrogens with two attached hydrogens (primary N) is 1. The first kappa shape index (κ1) is 15.4. The van der Waals surface area contributed by atoms with E-state index >= 15 is 0 Å². The van der Waals surface area contributed by atoms with E-state index in [1.807, 2.05) is 19.1 Å². The summed E-state index contributed by atoms with van der Waals surface area (Å²) < 4.78 is 0. The molecule has 1 aliphatic carbocycles. The van der Waals surface area contributed by atoms with Crippen LogP contribution >= 0.6 is 0 Å². The molecule has 1 aliphatic rings. The third-order valence-electron chi connectivity index (χ3n) is 4.22. The van der Waals surface area contributed by atoms with Crippen LogP contribution in [0.5, 0.6) is 0 Å². The number of amidine groups is 1. The molecule has 114 valence electrons. The predicted octanol–water partition coefficient (Wildman–Crippen LogP) is 2.56. The van der Waals surface area contributed by atoms with Gasteiger partial charge in [0.05, 0.1) is 0 Å². The van der Waals surface area contributed by atoms with Crippen molar-refractivity contribution in [2.75, 3.05) is 0 Å². The number of nitrogens with zero attached hydrogens (tertiary/aromatic N) is 1. The molecule has 21 heavy (non-hydrogen) atoms. The molecule has 2 rings (SSSR count). The van der Waals surface area contributed by atoms with Gasteiger partial charge in [-0.3, -0.25) is 4.79 Å². The van der Waals surface area contributed by atoms with Crippen LogP contribution in [0.2, 0.25) is 0 Å². The Morgan fingerprint density at radius 2 is 1.76 bits per heavy atom. The van der Waals surface area contributed by atoms with E-state index in [1.54, 1.807) is 12.1 Å². The summed E-state index contributed by atoms with van der Waals surface area (Å²) in [5.41, 5.74) is 6.86. The summed E-state index contributed by atoms with van der Waals surface area (Å²) in [7, 11) is 0. The molecule has 5 nitrogen and oxygen atoms in total. The molecular formula is C16H23N3O2. The SMILES string of the molecule is Cc1ccc(C(=O)NC2(/C(N)=N/O)CCCCCC2)cc1. The van der Waals surface area contributed by atoms with Crippen molar-refractivity contribution in [3.05, 3.63) is 35.4 Å². The van der Waals surface area contributed by atoms with Gasteiger partial charge < -0.3 is 16.3 Å². The lowest BCUT2D eigenvalue weighted by Crippen LogP contribution is -2.57. The fraction of sp³-hybridized carbons (Fsp3) is 0.500. The van der Waals surface area contributed by atoms with Crippen molar-refractivity contribution in [3.8, 4) is 0 Å². The highest BCUT2D eigenvalue weighted by Crippen LogP contribution is 2.28. The minimum Gasteiger partial charge on any atom is -0.409 e. The number of oxime groups is 1. The van der Waals surface area contributed by atoms with Gasteiger partial charge in [-0.2, -0.15) is 0 Å². The summed E-state index contributed by atoms with van der Waals surface area (Å²) in [4.78, 5) is 12.5. The lowest BCUT2D eigenvalue weighted by Gasteiger charge is -2.32. The number of aryl methyl sites for hydroxylation is 1. The molecule has 0 heterocycles. The van der Waals surface area contributed by atoms with Gasteiger partial charge in [-0.25, -0.2) is 0 Å². The Kier molecular flexibility index (Phi) is 4.83. The molecule has 0 spiro atoms. The lowest BCUT2D eigenvalue weighted by molar-refractivity contribution is 0.0915. The molecule has 0 unspecified atom stereocenters. The molecule has 0 aliphatic heterocycles. The van der Waals surface area contributed by atoms with Crippen LogP contribution in [0.1, 0.15) is 54.4 Å². The second kappa shape index (κ2) is 6.61. The van der Waals surface area contributed by atoms with E-state index in [9.17, 15) is 4.79 Å². The van der Waals surface area contributed by atoms with E-state index in [-0.39, 0.29) is 11.7 Å². The smallest absolute Gasteiger partial charge is 0.252 e. The first-order valence-corrected chi connectivity index (χ1v) is 7.44. The van der Waals surface area contributed by atoms with Crippen LogP contribution in [0, 0.1) is 6.92 Å². The molecular weight excluding hydrogens is 266 g/mol. The second-order valence-electron chi connectivity index (χ2n) is 5.80. The van der Waals surface area contributed by atoms with E-state index in [2.05, 4.69) is 10.5 Å². The highest BCUT2D eigenvalue weighted by atomic mass is 16.4. The minimum absolute atomic E-state index is 0.102. The van der Waals surface area contributed by atoms with Gasteiger partial charge in [-0.05, 0) is 31.9 Å². The number of amides is 1. The Morgan fingerprint density at radius 1 is 1.19 bits per heavy atom. The summed E-state index contributed by atoms with van der Waals surface area (Å²) in [6.45, 7) is 1.98. The minimum atomic E-state index is -0.729. The zero-order valence-electron chi connectivity index (χ0n) is 12.4. The average molecular weight is 289 g/mol. The summed E-state index contributed by atoms with van der Waals surface area (Å²) in [5.74, 6) is -0.0756. The van der Waals surface area contributed by atoms with E-state index in [4.69, 9.17) is 10.9 Å². The Hall–Kier alpha value is -2.04. The monoisotopic (exact) mass is 289 g/mol. The second-order valence-corrected chi connectivity index (χ2v) is 5.80. The molecule has 4 N–H and O–H groups in total. The number of hydrogen-bond acceptors (Lipinski definition) is 3. The normalized spacial score (nSPS) is 18.8. The number of carbonyl (C=O) groups is 1. The fourth-order valence-electron chi connectivity index (χ4n) is 2.87.